The zero-order chi connectivity index (χ0) is 17.9. The van der Waals surface area contributed by atoms with Gasteiger partial charge in [-0.25, -0.2) is 0 Å². The Bertz CT molecular complexity index is 677. The van der Waals surface area contributed by atoms with Gasteiger partial charge in [0.1, 0.15) is 5.75 Å². The lowest BCUT2D eigenvalue weighted by Crippen LogP contribution is -2.04. The highest BCUT2D eigenvalue weighted by atomic mass is 16.5. The number of aryl methyl sites for hydroxylation is 1. The van der Waals surface area contributed by atoms with Crippen LogP contribution in [0.1, 0.15) is 37.8 Å². The van der Waals surface area contributed by atoms with E-state index < -0.39 is 0 Å². The number of ether oxygens (including phenoxy) is 3. The first kappa shape index (κ1) is 18.9. The van der Waals surface area contributed by atoms with Gasteiger partial charge < -0.3 is 14.2 Å². The standard InChI is InChI=1S/C22H28O3/c1-4-10-18-13-14-21(22(17-18)23-3)25-16-9-8-15-24-20-12-7-6-11-19(20)5-2/h4,6-7,10-14,17H,5,8-9,15-16H2,1-3H3. The molecule has 0 saturated heterocycles. The van der Waals surface area contributed by atoms with E-state index in [2.05, 4.69) is 19.1 Å². The molecule has 2 rings (SSSR count). The van der Waals surface area contributed by atoms with Gasteiger partial charge in [0.2, 0.25) is 0 Å². The fourth-order valence-electron chi connectivity index (χ4n) is 2.60. The second kappa shape index (κ2) is 10.4. The molecule has 0 aliphatic heterocycles. The van der Waals surface area contributed by atoms with Crippen LogP contribution in [0.3, 0.4) is 0 Å². The van der Waals surface area contributed by atoms with E-state index in [1.807, 2.05) is 49.4 Å². The summed E-state index contributed by atoms with van der Waals surface area (Å²) in [5, 5.41) is 0. The summed E-state index contributed by atoms with van der Waals surface area (Å²) in [6, 6.07) is 14.2. The third-order valence-corrected chi connectivity index (χ3v) is 3.95. The van der Waals surface area contributed by atoms with Crippen LogP contribution >= 0.6 is 0 Å². The monoisotopic (exact) mass is 340 g/mol. The Morgan fingerprint density at radius 1 is 0.880 bits per heavy atom. The zero-order valence-electron chi connectivity index (χ0n) is 15.5. The quantitative estimate of drug-likeness (QED) is 0.532. The number of para-hydroxylation sites is 1. The van der Waals surface area contributed by atoms with Gasteiger partial charge in [-0.3, -0.25) is 0 Å². The van der Waals surface area contributed by atoms with E-state index in [0.29, 0.717) is 13.2 Å². The van der Waals surface area contributed by atoms with E-state index in [0.717, 1.165) is 42.1 Å². The van der Waals surface area contributed by atoms with Gasteiger partial charge in [0.05, 0.1) is 20.3 Å². The minimum atomic E-state index is 0.651. The van der Waals surface area contributed by atoms with Gasteiger partial charge in [-0.1, -0.05) is 43.3 Å². The van der Waals surface area contributed by atoms with Crippen molar-refractivity contribution in [1.82, 2.24) is 0 Å². The summed E-state index contributed by atoms with van der Waals surface area (Å²) in [5.74, 6) is 2.55. The van der Waals surface area contributed by atoms with Crippen LogP contribution in [0.5, 0.6) is 17.2 Å². The lowest BCUT2D eigenvalue weighted by atomic mass is 10.1. The van der Waals surface area contributed by atoms with Crippen molar-refractivity contribution in [3.8, 4) is 17.2 Å². The number of benzene rings is 2. The molecule has 0 fully saturated rings. The predicted octanol–water partition coefficient (Wildman–Crippen LogP) is 5.53. The molecule has 0 saturated carbocycles. The summed E-state index contributed by atoms with van der Waals surface area (Å²) in [5.41, 5.74) is 2.36. The Morgan fingerprint density at radius 2 is 1.60 bits per heavy atom. The Kier molecular flexibility index (Phi) is 7.90. The van der Waals surface area contributed by atoms with Crippen molar-refractivity contribution in [2.45, 2.75) is 33.1 Å². The Hall–Kier alpha value is -2.42. The highest BCUT2D eigenvalue weighted by Gasteiger charge is 2.05. The Balaban J connectivity index is 1.74. The molecule has 0 amide bonds. The lowest BCUT2D eigenvalue weighted by molar-refractivity contribution is 0.257. The molecule has 134 valence electrons. The first-order valence-electron chi connectivity index (χ1n) is 8.92. The number of hydrogen-bond acceptors (Lipinski definition) is 3. The number of rotatable bonds is 10. The van der Waals surface area contributed by atoms with Crippen molar-refractivity contribution in [2.24, 2.45) is 0 Å². The van der Waals surface area contributed by atoms with Gasteiger partial charge in [-0.2, -0.15) is 0 Å². The molecule has 0 unspecified atom stereocenters. The smallest absolute Gasteiger partial charge is 0.161 e. The summed E-state index contributed by atoms with van der Waals surface area (Å²) >= 11 is 0. The average Bonchev–Trinajstić information content (AvgIpc) is 2.65. The van der Waals surface area contributed by atoms with Crippen LogP contribution in [0.2, 0.25) is 0 Å². The largest absolute Gasteiger partial charge is 0.493 e. The summed E-state index contributed by atoms with van der Waals surface area (Å²) in [4.78, 5) is 0. The molecule has 0 aromatic heterocycles. The summed E-state index contributed by atoms with van der Waals surface area (Å²) in [6.07, 6.45) is 6.93. The molecule has 2 aromatic rings. The normalized spacial score (nSPS) is 10.8. The number of methoxy groups -OCH3 is 1. The third kappa shape index (κ3) is 5.86. The minimum Gasteiger partial charge on any atom is -0.493 e. The van der Waals surface area contributed by atoms with E-state index >= 15 is 0 Å². The van der Waals surface area contributed by atoms with Crippen molar-refractivity contribution in [3.63, 3.8) is 0 Å². The third-order valence-electron chi connectivity index (χ3n) is 3.95. The summed E-state index contributed by atoms with van der Waals surface area (Å²) in [6.45, 7) is 5.50. The SMILES string of the molecule is CC=Cc1ccc(OCCCCOc2ccccc2CC)c(OC)c1. The highest BCUT2D eigenvalue weighted by molar-refractivity contribution is 5.55. The van der Waals surface area contributed by atoms with E-state index in [1.54, 1.807) is 7.11 Å². The van der Waals surface area contributed by atoms with Crippen LogP contribution in [0.25, 0.3) is 6.08 Å². The number of hydrogen-bond donors (Lipinski definition) is 0. The summed E-state index contributed by atoms with van der Waals surface area (Å²) in [7, 11) is 1.67. The minimum absolute atomic E-state index is 0.651. The number of unbranched alkanes of at least 4 members (excludes halogenated alkanes) is 1. The van der Waals surface area contributed by atoms with Crippen LogP contribution in [0, 0.1) is 0 Å². The molecule has 0 bridgehead atoms. The summed E-state index contributed by atoms with van der Waals surface area (Å²) < 4.78 is 17.1. The van der Waals surface area contributed by atoms with Gasteiger partial charge in [0, 0.05) is 0 Å². The van der Waals surface area contributed by atoms with Crippen molar-refractivity contribution in [1.29, 1.82) is 0 Å². The predicted molar refractivity (Wildman–Crippen MR) is 104 cm³/mol. The van der Waals surface area contributed by atoms with E-state index in [4.69, 9.17) is 14.2 Å². The van der Waals surface area contributed by atoms with Crippen LogP contribution in [0.4, 0.5) is 0 Å². The van der Waals surface area contributed by atoms with E-state index in [9.17, 15) is 0 Å². The van der Waals surface area contributed by atoms with E-state index in [1.165, 1.54) is 5.56 Å². The van der Waals surface area contributed by atoms with Crippen molar-refractivity contribution in [2.75, 3.05) is 20.3 Å². The molecule has 0 aliphatic carbocycles. The molecule has 0 N–H and O–H groups in total. The molecule has 25 heavy (non-hydrogen) atoms. The second-order valence-electron chi connectivity index (χ2n) is 5.78. The molecular formula is C22H28O3. The van der Waals surface area contributed by atoms with E-state index in [-0.39, 0.29) is 0 Å². The average molecular weight is 340 g/mol. The molecule has 0 radical (unpaired) electrons. The molecule has 0 aliphatic rings. The van der Waals surface area contributed by atoms with Crippen LogP contribution < -0.4 is 14.2 Å². The topological polar surface area (TPSA) is 27.7 Å². The lowest BCUT2D eigenvalue weighted by Gasteiger charge is -2.12. The number of allylic oxidation sites excluding steroid dienone is 1. The first-order chi connectivity index (χ1) is 12.3. The van der Waals surface area contributed by atoms with Gasteiger partial charge >= 0.3 is 0 Å². The highest BCUT2D eigenvalue weighted by Crippen LogP contribution is 2.28. The van der Waals surface area contributed by atoms with Crippen LogP contribution in [-0.4, -0.2) is 20.3 Å². The fourth-order valence-corrected chi connectivity index (χ4v) is 2.60. The van der Waals surface area contributed by atoms with Crippen molar-refractivity contribution in [3.05, 3.63) is 59.7 Å². The molecule has 0 atom stereocenters. The Morgan fingerprint density at radius 3 is 2.28 bits per heavy atom. The van der Waals surface area contributed by atoms with Crippen LogP contribution in [-0.2, 0) is 6.42 Å². The maximum Gasteiger partial charge on any atom is 0.161 e. The molecule has 3 nitrogen and oxygen atoms in total. The van der Waals surface area contributed by atoms with Crippen molar-refractivity contribution >= 4 is 6.08 Å². The molecule has 0 heterocycles. The van der Waals surface area contributed by atoms with Gasteiger partial charge in [-0.15, -0.1) is 0 Å². The van der Waals surface area contributed by atoms with Gasteiger partial charge in [0.25, 0.3) is 0 Å². The van der Waals surface area contributed by atoms with Crippen LogP contribution in [0.15, 0.2) is 48.5 Å². The first-order valence-corrected chi connectivity index (χ1v) is 8.92. The maximum atomic E-state index is 5.88. The fraction of sp³-hybridized carbons (Fsp3) is 0.364. The maximum absolute atomic E-state index is 5.88. The Labute approximate surface area is 151 Å². The molecule has 0 spiro atoms. The molecular weight excluding hydrogens is 312 g/mol. The molecule has 2 aromatic carbocycles. The second-order valence-corrected chi connectivity index (χ2v) is 5.78. The van der Waals surface area contributed by atoms with Gasteiger partial charge in [0.15, 0.2) is 11.5 Å². The zero-order valence-corrected chi connectivity index (χ0v) is 15.5. The van der Waals surface area contributed by atoms with Crippen molar-refractivity contribution < 1.29 is 14.2 Å². The van der Waals surface area contributed by atoms with Gasteiger partial charge in [-0.05, 0) is 55.5 Å². The molecule has 3 heteroatoms.